The molecule has 0 aliphatic carbocycles. The van der Waals surface area contributed by atoms with E-state index in [2.05, 4.69) is 49.5 Å². The van der Waals surface area contributed by atoms with Crippen molar-refractivity contribution in [1.82, 2.24) is 0 Å². The van der Waals surface area contributed by atoms with Crippen LogP contribution in [0.25, 0.3) is 11.1 Å². The predicted octanol–water partition coefficient (Wildman–Crippen LogP) is 3.95. The van der Waals surface area contributed by atoms with E-state index in [1.807, 2.05) is 0 Å². The average molecular weight is 253 g/mol. The van der Waals surface area contributed by atoms with Crippen molar-refractivity contribution >= 4 is 5.69 Å². The molecule has 98 valence electrons. The van der Waals surface area contributed by atoms with Gasteiger partial charge in [0.2, 0.25) is 0 Å². The molecule has 0 saturated carbocycles. The van der Waals surface area contributed by atoms with Gasteiger partial charge in [0.15, 0.2) is 0 Å². The van der Waals surface area contributed by atoms with Gasteiger partial charge >= 0.3 is 0 Å². The van der Waals surface area contributed by atoms with Gasteiger partial charge in [-0.3, -0.25) is 0 Å². The fourth-order valence-corrected chi connectivity index (χ4v) is 2.91. The first kappa shape index (κ1) is 12.1. The van der Waals surface area contributed by atoms with Crippen molar-refractivity contribution in [2.75, 3.05) is 19.0 Å². The second-order valence-corrected chi connectivity index (χ2v) is 5.19. The van der Waals surface area contributed by atoms with E-state index in [0.29, 0.717) is 0 Å². The number of anilines is 1. The molecule has 0 spiro atoms. The van der Waals surface area contributed by atoms with Crippen molar-refractivity contribution in [3.05, 3.63) is 47.0 Å². The molecule has 1 N–H and O–H groups in total. The molecule has 2 heteroatoms. The van der Waals surface area contributed by atoms with E-state index >= 15 is 0 Å². The number of nitrogens with one attached hydrogen (secondary N) is 1. The Kier molecular flexibility index (Phi) is 2.94. The summed E-state index contributed by atoms with van der Waals surface area (Å²) in [6.07, 6.45) is 1.14. The van der Waals surface area contributed by atoms with Crippen molar-refractivity contribution < 1.29 is 4.74 Å². The molecule has 1 heterocycles. The van der Waals surface area contributed by atoms with Gasteiger partial charge in [0, 0.05) is 12.2 Å². The third kappa shape index (κ3) is 2.07. The van der Waals surface area contributed by atoms with Gasteiger partial charge in [-0.15, -0.1) is 0 Å². The summed E-state index contributed by atoms with van der Waals surface area (Å²) in [5, 5.41) is 3.44. The molecule has 0 aromatic heterocycles. The van der Waals surface area contributed by atoms with Crippen LogP contribution < -0.4 is 10.1 Å². The highest BCUT2D eigenvalue weighted by Gasteiger charge is 2.12. The maximum absolute atomic E-state index is 5.43. The lowest BCUT2D eigenvalue weighted by Gasteiger charge is -2.12. The third-order valence-corrected chi connectivity index (χ3v) is 3.82. The second kappa shape index (κ2) is 4.61. The molecule has 1 aliphatic heterocycles. The van der Waals surface area contributed by atoms with Crippen LogP contribution in [0, 0.1) is 13.8 Å². The maximum Gasteiger partial charge on any atom is 0.124 e. The lowest BCUT2D eigenvalue weighted by Crippen LogP contribution is -1.93. The summed E-state index contributed by atoms with van der Waals surface area (Å²) in [5.74, 6) is 0.989. The van der Waals surface area contributed by atoms with Crippen LogP contribution in [0.4, 0.5) is 5.69 Å². The van der Waals surface area contributed by atoms with Gasteiger partial charge in [0.05, 0.1) is 7.11 Å². The number of hydrogen-bond acceptors (Lipinski definition) is 2. The summed E-state index contributed by atoms with van der Waals surface area (Å²) in [6, 6.07) is 11.1. The smallest absolute Gasteiger partial charge is 0.124 e. The molecule has 2 aromatic rings. The molecule has 2 nitrogen and oxygen atoms in total. The van der Waals surface area contributed by atoms with Crippen LogP contribution in [0.2, 0.25) is 0 Å². The van der Waals surface area contributed by atoms with Crippen molar-refractivity contribution in [3.63, 3.8) is 0 Å². The van der Waals surface area contributed by atoms with Crippen molar-refractivity contribution in [2.24, 2.45) is 0 Å². The number of ether oxygens (including phenoxy) is 1. The van der Waals surface area contributed by atoms with Crippen LogP contribution in [0.5, 0.6) is 5.75 Å². The highest BCUT2D eigenvalue weighted by atomic mass is 16.5. The van der Waals surface area contributed by atoms with Crippen molar-refractivity contribution in [1.29, 1.82) is 0 Å². The molecule has 0 bridgehead atoms. The quantitative estimate of drug-likeness (QED) is 0.875. The Morgan fingerprint density at radius 1 is 1.00 bits per heavy atom. The summed E-state index contributed by atoms with van der Waals surface area (Å²) in [6.45, 7) is 5.25. The van der Waals surface area contributed by atoms with Crippen LogP contribution in [0.3, 0.4) is 0 Å². The van der Waals surface area contributed by atoms with Gasteiger partial charge in [-0.2, -0.15) is 0 Å². The molecule has 2 aromatic carbocycles. The lowest BCUT2D eigenvalue weighted by atomic mass is 9.98. The highest BCUT2D eigenvalue weighted by Crippen LogP contribution is 2.33. The van der Waals surface area contributed by atoms with E-state index in [0.717, 1.165) is 18.7 Å². The number of fused-ring (bicyclic) bond motifs is 1. The largest absolute Gasteiger partial charge is 0.496 e. The summed E-state index contributed by atoms with van der Waals surface area (Å²) >= 11 is 0. The topological polar surface area (TPSA) is 21.3 Å². The van der Waals surface area contributed by atoms with E-state index < -0.39 is 0 Å². The van der Waals surface area contributed by atoms with E-state index in [4.69, 9.17) is 4.74 Å². The maximum atomic E-state index is 5.43. The summed E-state index contributed by atoms with van der Waals surface area (Å²) in [7, 11) is 1.73. The number of benzene rings is 2. The Morgan fingerprint density at radius 2 is 1.74 bits per heavy atom. The minimum atomic E-state index is 0.989. The minimum Gasteiger partial charge on any atom is -0.496 e. The van der Waals surface area contributed by atoms with E-state index in [1.165, 1.54) is 33.5 Å². The molecule has 0 radical (unpaired) electrons. The molecule has 1 aliphatic rings. The van der Waals surface area contributed by atoms with Gasteiger partial charge in [-0.05, 0) is 66.3 Å². The SMILES string of the molecule is COc1c(C)cc(-c2ccc3c(c2)NCC3)cc1C. The Morgan fingerprint density at radius 3 is 2.42 bits per heavy atom. The molecule has 0 amide bonds. The zero-order valence-electron chi connectivity index (χ0n) is 11.7. The zero-order valence-corrected chi connectivity index (χ0v) is 11.7. The van der Waals surface area contributed by atoms with E-state index in [-0.39, 0.29) is 0 Å². The molecular formula is C17H19NO. The normalized spacial score (nSPS) is 13.0. The van der Waals surface area contributed by atoms with E-state index in [9.17, 15) is 0 Å². The Hall–Kier alpha value is -1.96. The number of methoxy groups -OCH3 is 1. The van der Waals surface area contributed by atoms with Crippen molar-refractivity contribution in [2.45, 2.75) is 20.3 Å². The van der Waals surface area contributed by atoms with Gasteiger partial charge in [0.1, 0.15) is 5.75 Å². The zero-order chi connectivity index (χ0) is 13.4. The molecule has 0 saturated heterocycles. The van der Waals surface area contributed by atoms with Crippen LogP contribution in [0.15, 0.2) is 30.3 Å². The fourth-order valence-electron chi connectivity index (χ4n) is 2.91. The molecular weight excluding hydrogens is 234 g/mol. The molecule has 0 fully saturated rings. The van der Waals surface area contributed by atoms with Gasteiger partial charge < -0.3 is 10.1 Å². The van der Waals surface area contributed by atoms with Gasteiger partial charge in [-0.25, -0.2) is 0 Å². The predicted molar refractivity (Wildman–Crippen MR) is 80.1 cm³/mol. The fraction of sp³-hybridized carbons (Fsp3) is 0.294. The van der Waals surface area contributed by atoms with Crippen LogP contribution in [-0.2, 0) is 6.42 Å². The Balaban J connectivity index is 2.07. The number of aryl methyl sites for hydroxylation is 2. The van der Waals surface area contributed by atoms with Crippen molar-refractivity contribution in [3.8, 4) is 16.9 Å². The highest BCUT2D eigenvalue weighted by molar-refractivity contribution is 5.73. The summed E-state index contributed by atoms with van der Waals surface area (Å²) in [4.78, 5) is 0. The second-order valence-electron chi connectivity index (χ2n) is 5.19. The standard InChI is InChI=1S/C17H19NO/c1-11-8-15(9-12(2)17(11)19-3)14-5-4-13-6-7-18-16(13)10-14/h4-5,8-10,18H,6-7H2,1-3H3. The van der Waals surface area contributed by atoms with Gasteiger partial charge in [-0.1, -0.05) is 12.1 Å². The first-order valence-electron chi connectivity index (χ1n) is 6.71. The first-order chi connectivity index (χ1) is 9.19. The first-order valence-corrected chi connectivity index (χ1v) is 6.71. The van der Waals surface area contributed by atoms with Crippen LogP contribution in [-0.4, -0.2) is 13.7 Å². The molecule has 3 rings (SSSR count). The van der Waals surface area contributed by atoms with Crippen LogP contribution >= 0.6 is 0 Å². The molecule has 19 heavy (non-hydrogen) atoms. The summed E-state index contributed by atoms with van der Waals surface area (Å²) in [5.41, 5.74) is 7.60. The van der Waals surface area contributed by atoms with Gasteiger partial charge in [0.25, 0.3) is 0 Å². The Labute approximate surface area is 114 Å². The third-order valence-electron chi connectivity index (χ3n) is 3.82. The van der Waals surface area contributed by atoms with E-state index in [1.54, 1.807) is 7.11 Å². The lowest BCUT2D eigenvalue weighted by molar-refractivity contribution is 0.408. The average Bonchev–Trinajstić information content (AvgIpc) is 2.85. The molecule has 0 atom stereocenters. The molecule has 0 unspecified atom stereocenters. The Bertz CT molecular complexity index is 608. The monoisotopic (exact) mass is 253 g/mol. The number of hydrogen-bond donors (Lipinski definition) is 1. The van der Waals surface area contributed by atoms with Crippen LogP contribution in [0.1, 0.15) is 16.7 Å². The summed E-state index contributed by atoms with van der Waals surface area (Å²) < 4.78 is 5.43. The minimum absolute atomic E-state index is 0.989. The number of rotatable bonds is 2.